The summed E-state index contributed by atoms with van der Waals surface area (Å²) < 4.78 is 4.42. The molecule has 0 unspecified atom stereocenters. The standard InChI is InChI=1S/C22H18N4/c1-2-8-18(14-26-16-24-20-10-4-6-12-22(20)26)17(7-1)13-25-15-23-19-9-3-5-11-21(19)25/h1-12,15-16H,13-14H2. The van der Waals surface area contributed by atoms with E-state index in [1.165, 1.54) is 11.1 Å². The van der Waals surface area contributed by atoms with Crippen LogP contribution in [0.1, 0.15) is 11.1 Å². The molecule has 0 atom stereocenters. The van der Waals surface area contributed by atoms with E-state index in [-0.39, 0.29) is 0 Å². The molecule has 26 heavy (non-hydrogen) atoms. The number of hydrogen-bond donors (Lipinski definition) is 0. The fourth-order valence-electron chi connectivity index (χ4n) is 3.51. The van der Waals surface area contributed by atoms with Gasteiger partial charge in [-0.2, -0.15) is 0 Å². The topological polar surface area (TPSA) is 35.6 Å². The van der Waals surface area contributed by atoms with E-state index in [2.05, 4.69) is 79.8 Å². The lowest BCUT2D eigenvalue weighted by molar-refractivity contribution is 0.773. The number of fused-ring (bicyclic) bond motifs is 2. The lowest BCUT2D eigenvalue weighted by atomic mass is 10.1. The fraction of sp³-hybridized carbons (Fsp3) is 0.0909. The average molecular weight is 338 g/mol. The van der Waals surface area contributed by atoms with Crippen LogP contribution in [0, 0.1) is 0 Å². The van der Waals surface area contributed by atoms with Crippen LogP contribution >= 0.6 is 0 Å². The van der Waals surface area contributed by atoms with Crippen LogP contribution in [-0.2, 0) is 13.1 Å². The van der Waals surface area contributed by atoms with Gasteiger partial charge in [-0.25, -0.2) is 9.97 Å². The molecule has 0 bridgehead atoms. The number of rotatable bonds is 4. The number of hydrogen-bond acceptors (Lipinski definition) is 2. The van der Waals surface area contributed by atoms with Crippen molar-refractivity contribution in [3.63, 3.8) is 0 Å². The number of imidazole rings is 2. The van der Waals surface area contributed by atoms with Gasteiger partial charge in [-0.1, -0.05) is 48.5 Å². The smallest absolute Gasteiger partial charge is 0.0961 e. The van der Waals surface area contributed by atoms with Crippen molar-refractivity contribution in [3.8, 4) is 0 Å². The Bertz CT molecular complexity index is 1100. The van der Waals surface area contributed by atoms with Crippen LogP contribution in [0.25, 0.3) is 22.1 Å². The van der Waals surface area contributed by atoms with Gasteiger partial charge in [0.05, 0.1) is 34.7 Å². The van der Waals surface area contributed by atoms with E-state index in [1.807, 2.05) is 24.8 Å². The average Bonchev–Trinajstić information content (AvgIpc) is 3.28. The Morgan fingerprint density at radius 1 is 0.538 bits per heavy atom. The second-order valence-corrected chi connectivity index (χ2v) is 6.49. The summed E-state index contributed by atoms with van der Waals surface area (Å²) in [5.41, 5.74) is 6.99. The fourth-order valence-corrected chi connectivity index (χ4v) is 3.51. The van der Waals surface area contributed by atoms with Gasteiger partial charge < -0.3 is 9.13 Å². The molecule has 5 aromatic rings. The summed E-state index contributed by atoms with van der Waals surface area (Å²) >= 11 is 0. The first-order valence-corrected chi connectivity index (χ1v) is 8.75. The molecule has 0 aliphatic heterocycles. The monoisotopic (exact) mass is 338 g/mol. The minimum Gasteiger partial charge on any atom is -0.326 e. The molecular formula is C22H18N4. The highest BCUT2D eigenvalue weighted by atomic mass is 15.1. The second kappa shape index (κ2) is 6.15. The largest absolute Gasteiger partial charge is 0.326 e. The minimum absolute atomic E-state index is 0.809. The molecule has 0 aliphatic carbocycles. The van der Waals surface area contributed by atoms with Gasteiger partial charge in [-0.05, 0) is 35.4 Å². The summed E-state index contributed by atoms with van der Waals surface area (Å²) in [6, 6.07) is 25.1. The van der Waals surface area contributed by atoms with Crippen LogP contribution in [0.2, 0.25) is 0 Å². The molecule has 0 aliphatic rings. The molecule has 0 saturated heterocycles. The van der Waals surface area contributed by atoms with Crippen molar-refractivity contribution in [2.45, 2.75) is 13.1 Å². The molecule has 0 radical (unpaired) electrons. The zero-order valence-corrected chi connectivity index (χ0v) is 14.3. The molecule has 0 amide bonds. The third kappa shape index (κ3) is 2.56. The highest BCUT2D eigenvalue weighted by molar-refractivity contribution is 5.75. The molecule has 0 fully saturated rings. The minimum atomic E-state index is 0.809. The van der Waals surface area contributed by atoms with Gasteiger partial charge in [0.25, 0.3) is 0 Å². The van der Waals surface area contributed by atoms with E-state index >= 15 is 0 Å². The van der Waals surface area contributed by atoms with Crippen LogP contribution in [-0.4, -0.2) is 19.1 Å². The van der Waals surface area contributed by atoms with Crippen molar-refractivity contribution in [3.05, 3.63) is 96.6 Å². The first-order chi connectivity index (χ1) is 12.9. The zero-order chi connectivity index (χ0) is 17.3. The van der Waals surface area contributed by atoms with E-state index in [1.54, 1.807) is 0 Å². The lowest BCUT2D eigenvalue weighted by Gasteiger charge is -2.12. The van der Waals surface area contributed by atoms with Crippen molar-refractivity contribution in [1.29, 1.82) is 0 Å². The molecule has 0 spiro atoms. The maximum Gasteiger partial charge on any atom is 0.0961 e. The van der Waals surface area contributed by atoms with Crippen LogP contribution < -0.4 is 0 Å². The Hall–Kier alpha value is -3.40. The lowest BCUT2D eigenvalue weighted by Crippen LogP contribution is -2.05. The Kier molecular flexibility index (Phi) is 3.53. The molecule has 3 aromatic carbocycles. The van der Waals surface area contributed by atoms with Gasteiger partial charge >= 0.3 is 0 Å². The molecule has 2 aromatic heterocycles. The maximum atomic E-state index is 4.51. The number of nitrogens with zero attached hydrogens (tertiary/aromatic N) is 4. The van der Waals surface area contributed by atoms with Gasteiger partial charge in [0.2, 0.25) is 0 Å². The number of benzene rings is 3. The van der Waals surface area contributed by atoms with Crippen LogP contribution in [0.5, 0.6) is 0 Å². The molecule has 126 valence electrons. The van der Waals surface area contributed by atoms with E-state index in [9.17, 15) is 0 Å². The maximum absolute atomic E-state index is 4.51. The molecule has 0 N–H and O–H groups in total. The van der Waals surface area contributed by atoms with Gasteiger partial charge in [0.15, 0.2) is 0 Å². The third-order valence-corrected chi connectivity index (χ3v) is 4.85. The zero-order valence-electron chi connectivity index (χ0n) is 14.3. The highest BCUT2D eigenvalue weighted by Crippen LogP contribution is 2.19. The van der Waals surface area contributed by atoms with E-state index in [4.69, 9.17) is 0 Å². The molecule has 5 rings (SSSR count). The summed E-state index contributed by atoms with van der Waals surface area (Å²) in [6.45, 7) is 1.62. The SMILES string of the molecule is c1ccc(Cn2cnc3ccccc32)c(Cn2cnc3ccccc32)c1. The van der Waals surface area contributed by atoms with Crippen LogP contribution in [0.15, 0.2) is 85.5 Å². The van der Waals surface area contributed by atoms with Gasteiger partial charge in [0.1, 0.15) is 0 Å². The van der Waals surface area contributed by atoms with Crippen molar-refractivity contribution >= 4 is 22.1 Å². The third-order valence-electron chi connectivity index (χ3n) is 4.85. The van der Waals surface area contributed by atoms with Crippen molar-refractivity contribution in [2.24, 2.45) is 0 Å². The van der Waals surface area contributed by atoms with E-state index < -0.39 is 0 Å². The van der Waals surface area contributed by atoms with E-state index in [0.29, 0.717) is 0 Å². The second-order valence-electron chi connectivity index (χ2n) is 6.49. The number of aromatic nitrogens is 4. The first-order valence-electron chi connectivity index (χ1n) is 8.75. The molecule has 2 heterocycles. The van der Waals surface area contributed by atoms with Crippen LogP contribution in [0.3, 0.4) is 0 Å². The summed E-state index contributed by atoms with van der Waals surface area (Å²) in [7, 11) is 0. The Balaban J connectivity index is 1.51. The van der Waals surface area contributed by atoms with E-state index in [0.717, 1.165) is 35.2 Å². The van der Waals surface area contributed by atoms with Crippen molar-refractivity contribution in [2.75, 3.05) is 0 Å². The summed E-state index contributed by atoms with van der Waals surface area (Å²) in [6.07, 6.45) is 3.85. The summed E-state index contributed by atoms with van der Waals surface area (Å²) in [5.74, 6) is 0. The number of para-hydroxylation sites is 4. The highest BCUT2D eigenvalue weighted by Gasteiger charge is 2.08. The predicted molar refractivity (Wildman–Crippen MR) is 104 cm³/mol. The quantitative estimate of drug-likeness (QED) is 0.484. The Morgan fingerprint density at radius 2 is 0.962 bits per heavy atom. The molecule has 4 heteroatoms. The van der Waals surface area contributed by atoms with Gasteiger partial charge in [-0.3, -0.25) is 0 Å². The van der Waals surface area contributed by atoms with Gasteiger partial charge in [0, 0.05) is 13.1 Å². The Labute approximate surface area is 151 Å². The predicted octanol–water partition coefficient (Wildman–Crippen LogP) is 4.48. The first kappa shape index (κ1) is 14.9. The van der Waals surface area contributed by atoms with Crippen molar-refractivity contribution < 1.29 is 0 Å². The molecule has 4 nitrogen and oxygen atoms in total. The van der Waals surface area contributed by atoms with Crippen molar-refractivity contribution in [1.82, 2.24) is 19.1 Å². The normalized spacial score (nSPS) is 11.4. The Morgan fingerprint density at radius 3 is 1.46 bits per heavy atom. The summed E-state index contributed by atoms with van der Waals surface area (Å²) in [5, 5.41) is 0. The van der Waals surface area contributed by atoms with Crippen LogP contribution in [0.4, 0.5) is 0 Å². The molecule has 0 saturated carbocycles. The molecular weight excluding hydrogens is 320 g/mol. The van der Waals surface area contributed by atoms with Gasteiger partial charge in [-0.15, -0.1) is 0 Å². The summed E-state index contributed by atoms with van der Waals surface area (Å²) in [4.78, 5) is 9.02.